The van der Waals surface area contributed by atoms with E-state index in [0.29, 0.717) is 24.7 Å². The summed E-state index contributed by atoms with van der Waals surface area (Å²) in [6.07, 6.45) is 0. The van der Waals surface area contributed by atoms with Crippen LogP contribution in [0.1, 0.15) is 15.9 Å². The highest BCUT2D eigenvalue weighted by molar-refractivity contribution is 7.89. The largest absolute Gasteiger partial charge is 0.486 e. The molecular weight excluding hydrogens is 368 g/mol. The fourth-order valence-electron chi connectivity index (χ4n) is 2.25. The molecule has 2 aromatic rings. The molecule has 3 rings (SSSR count). The zero-order chi connectivity index (χ0) is 18.0. The van der Waals surface area contributed by atoms with Crippen molar-refractivity contribution in [1.82, 2.24) is 10.3 Å². The Kier molecular flexibility index (Phi) is 4.85. The minimum Gasteiger partial charge on any atom is -0.486 e. The Bertz CT molecular complexity index is 930. The molecule has 0 saturated carbocycles. The second-order valence-corrected chi connectivity index (χ2v) is 7.41. The van der Waals surface area contributed by atoms with Crippen molar-refractivity contribution >= 4 is 27.5 Å². The molecule has 0 unspecified atom stereocenters. The van der Waals surface area contributed by atoms with Crippen molar-refractivity contribution in [2.45, 2.75) is 11.8 Å². The Morgan fingerprint density at radius 3 is 2.52 bits per heavy atom. The molecule has 1 amide bonds. The maximum Gasteiger partial charge on any atom is 0.266 e. The first-order valence-electron chi connectivity index (χ1n) is 7.35. The van der Waals surface area contributed by atoms with Crippen molar-refractivity contribution in [3.05, 3.63) is 52.5 Å². The van der Waals surface area contributed by atoms with Crippen LogP contribution in [0.25, 0.3) is 0 Å². The summed E-state index contributed by atoms with van der Waals surface area (Å²) in [5.41, 5.74) is 3.20. The number of benzene rings is 2. The van der Waals surface area contributed by atoms with Gasteiger partial charge in [0.05, 0.1) is 5.02 Å². The van der Waals surface area contributed by atoms with E-state index in [2.05, 4.69) is 5.43 Å². The second kappa shape index (κ2) is 6.91. The normalized spacial score (nSPS) is 13.4. The number of halogens is 1. The molecule has 2 N–H and O–H groups in total. The van der Waals surface area contributed by atoms with Crippen molar-refractivity contribution in [3.63, 3.8) is 0 Å². The van der Waals surface area contributed by atoms with E-state index < -0.39 is 15.9 Å². The second-order valence-electron chi connectivity index (χ2n) is 5.35. The number of aryl methyl sites for hydroxylation is 1. The molecule has 9 heteroatoms. The van der Waals surface area contributed by atoms with E-state index in [1.807, 2.05) is 4.83 Å². The summed E-state index contributed by atoms with van der Waals surface area (Å²) >= 11 is 5.96. The number of rotatable bonds is 4. The highest BCUT2D eigenvalue weighted by Crippen LogP contribution is 2.30. The maximum absolute atomic E-state index is 12.3. The SMILES string of the molecule is Cc1ccc(S(=O)(=O)NNC(=O)c2ccc3c(c2)OCCO3)c(Cl)c1. The summed E-state index contributed by atoms with van der Waals surface area (Å²) in [6.45, 7) is 2.62. The summed E-state index contributed by atoms with van der Waals surface area (Å²) < 4.78 is 35.3. The van der Waals surface area contributed by atoms with Gasteiger partial charge in [0, 0.05) is 5.56 Å². The molecule has 0 fully saturated rings. The van der Waals surface area contributed by atoms with E-state index in [9.17, 15) is 13.2 Å². The van der Waals surface area contributed by atoms with Gasteiger partial charge in [0.2, 0.25) is 0 Å². The van der Waals surface area contributed by atoms with Gasteiger partial charge in [-0.2, -0.15) is 0 Å². The number of fused-ring (bicyclic) bond motifs is 1. The number of sulfonamides is 1. The number of hydrogen-bond donors (Lipinski definition) is 2. The van der Waals surface area contributed by atoms with Crippen LogP contribution in [-0.2, 0) is 10.0 Å². The minimum absolute atomic E-state index is 0.0704. The van der Waals surface area contributed by atoms with E-state index in [-0.39, 0.29) is 15.5 Å². The van der Waals surface area contributed by atoms with Crippen LogP contribution in [0, 0.1) is 6.92 Å². The third kappa shape index (κ3) is 3.87. The first-order chi connectivity index (χ1) is 11.9. The van der Waals surface area contributed by atoms with Crippen LogP contribution in [0.2, 0.25) is 5.02 Å². The lowest BCUT2D eigenvalue weighted by Gasteiger charge is -2.18. The van der Waals surface area contributed by atoms with Crippen molar-refractivity contribution < 1.29 is 22.7 Å². The van der Waals surface area contributed by atoms with Gasteiger partial charge in [-0.25, -0.2) is 8.42 Å². The number of hydrogen-bond acceptors (Lipinski definition) is 5. The number of carbonyl (C=O) groups is 1. The average Bonchev–Trinajstić information content (AvgIpc) is 2.59. The van der Waals surface area contributed by atoms with Gasteiger partial charge in [-0.15, -0.1) is 4.83 Å². The molecule has 132 valence electrons. The van der Waals surface area contributed by atoms with Crippen LogP contribution in [0.5, 0.6) is 11.5 Å². The number of carbonyl (C=O) groups excluding carboxylic acids is 1. The third-order valence-corrected chi connectivity index (χ3v) is 5.21. The quantitative estimate of drug-likeness (QED) is 0.789. The lowest BCUT2D eigenvalue weighted by Crippen LogP contribution is -2.41. The summed E-state index contributed by atoms with van der Waals surface area (Å²) in [5, 5.41) is 0.0704. The first-order valence-corrected chi connectivity index (χ1v) is 9.21. The summed E-state index contributed by atoms with van der Waals surface area (Å²) in [4.78, 5) is 14.1. The average molecular weight is 383 g/mol. The molecule has 25 heavy (non-hydrogen) atoms. The number of nitrogens with one attached hydrogen (secondary N) is 2. The van der Waals surface area contributed by atoms with E-state index in [4.69, 9.17) is 21.1 Å². The molecule has 0 atom stereocenters. The molecule has 0 saturated heterocycles. The highest BCUT2D eigenvalue weighted by atomic mass is 35.5. The molecule has 1 aliphatic rings. The van der Waals surface area contributed by atoms with Crippen molar-refractivity contribution in [2.75, 3.05) is 13.2 Å². The summed E-state index contributed by atoms with van der Waals surface area (Å²) in [7, 11) is -4.00. The molecule has 0 spiro atoms. The molecule has 1 heterocycles. The Morgan fingerprint density at radius 1 is 1.08 bits per heavy atom. The van der Waals surface area contributed by atoms with Crippen LogP contribution < -0.4 is 19.7 Å². The zero-order valence-corrected chi connectivity index (χ0v) is 14.8. The Hall–Kier alpha value is -2.29. The lowest BCUT2D eigenvalue weighted by molar-refractivity contribution is 0.0944. The number of ether oxygens (including phenoxy) is 2. The van der Waals surface area contributed by atoms with Gasteiger partial charge in [0.1, 0.15) is 18.1 Å². The van der Waals surface area contributed by atoms with Gasteiger partial charge < -0.3 is 9.47 Å². The molecule has 2 aromatic carbocycles. The standard InChI is InChI=1S/C16H15ClN2O5S/c1-10-2-5-15(12(17)8-10)25(21,22)19-18-16(20)11-3-4-13-14(9-11)24-7-6-23-13/h2-5,8-9,19H,6-7H2,1H3,(H,18,20). The Balaban J connectivity index is 1.73. The molecular formula is C16H15ClN2O5S. The number of hydrazine groups is 1. The molecule has 1 aliphatic heterocycles. The predicted octanol–water partition coefficient (Wildman–Crippen LogP) is 2.04. The van der Waals surface area contributed by atoms with E-state index in [0.717, 1.165) is 5.56 Å². The molecule has 0 aromatic heterocycles. The highest BCUT2D eigenvalue weighted by Gasteiger charge is 2.20. The number of amides is 1. The molecule has 7 nitrogen and oxygen atoms in total. The van der Waals surface area contributed by atoms with Crippen LogP contribution in [0.3, 0.4) is 0 Å². The fourth-order valence-corrected chi connectivity index (χ4v) is 3.69. The van der Waals surface area contributed by atoms with Crippen molar-refractivity contribution in [1.29, 1.82) is 0 Å². The van der Waals surface area contributed by atoms with Crippen LogP contribution in [-0.4, -0.2) is 27.5 Å². The summed E-state index contributed by atoms with van der Waals surface area (Å²) in [5.74, 6) is 0.335. The van der Waals surface area contributed by atoms with Crippen molar-refractivity contribution in [2.24, 2.45) is 0 Å². The van der Waals surface area contributed by atoms with Gasteiger partial charge in [-0.1, -0.05) is 17.7 Å². The van der Waals surface area contributed by atoms with Gasteiger partial charge in [0.15, 0.2) is 11.5 Å². The van der Waals surface area contributed by atoms with Gasteiger partial charge in [-0.3, -0.25) is 10.2 Å². The van der Waals surface area contributed by atoms with Gasteiger partial charge in [0.25, 0.3) is 15.9 Å². The van der Waals surface area contributed by atoms with Gasteiger partial charge >= 0.3 is 0 Å². The monoisotopic (exact) mass is 382 g/mol. The zero-order valence-electron chi connectivity index (χ0n) is 13.2. The molecule has 0 bridgehead atoms. The topological polar surface area (TPSA) is 93.7 Å². The molecule has 0 aliphatic carbocycles. The fraction of sp³-hybridized carbons (Fsp3) is 0.188. The minimum atomic E-state index is -4.00. The third-order valence-electron chi connectivity index (χ3n) is 3.48. The first kappa shape index (κ1) is 17.5. The van der Waals surface area contributed by atoms with E-state index in [1.165, 1.54) is 24.3 Å². The smallest absolute Gasteiger partial charge is 0.266 e. The van der Waals surface area contributed by atoms with Crippen LogP contribution in [0.4, 0.5) is 0 Å². The molecule has 0 radical (unpaired) electrons. The predicted molar refractivity (Wildman–Crippen MR) is 91.4 cm³/mol. The van der Waals surface area contributed by atoms with E-state index in [1.54, 1.807) is 19.1 Å². The van der Waals surface area contributed by atoms with Crippen LogP contribution in [0.15, 0.2) is 41.3 Å². The van der Waals surface area contributed by atoms with Crippen molar-refractivity contribution in [3.8, 4) is 11.5 Å². The van der Waals surface area contributed by atoms with Gasteiger partial charge in [-0.05, 0) is 42.8 Å². The lowest BCUT2D eigenvalue weighted by atomic mass is 10.2. The van der Waals surface area contributed by atoms with Crippen LogP contribution >= 0.6 is 11.6 Å². The van der Waals surface area contributed by atoms with E-state index >= 15 is 0 Å². The summed E-state index contributed by atoms with van der Waals surface area (Å²) in [6, 6.07) is 9.10. The maximum atomic E-state index is 12.3. The Morgan fingerprint density at radius 2 is 1.80 bits per heavy atom. The Labute approximate surface area is 149 Å².